The van der Waals surface area contributed by atoms with Crippen LogP contribution in [0.5, 0.6) is 0 Å². The van der Waals surface area contributed by atoms with Gasteiger partial charge in [-0.2, -0.15) is 0 Å². The number of hydrogen-bond donors (Lipinski definition) is 2. The lowest BCUT2D eigenvalue weighted by Crippen LogP contribution is -2.59. The summed E-state index contributed by atoms with van der Waals surface area (Å²) in [7, 11) is 1.95. The first-order chi connectivity index (χ1) is 12.7. The van der Waals surface area contributed by atoms with Gasteiger partial charge in [-0.3, -0.25) is 4.79 Å². The average Bonchev–Trinajstić information content (AvgIpc) is 3.06. The zero-order chi connectivity index (χ0) is 17.9. The highest BCUT2D eigenvalue weighted by Gasteiger charge is 2.34. The lowest BCUT2D eigenvalue weighted by molar-refractivity contribution is 0.0651. The molecule has 1 aromatic heterocycles. The Balaban J connectivity index is 1.38. The molecule has 1 saturated carbocycles. The maximum atomic E-state index is 12.8. The number of nitrogens with zero attached hydrogens (tertiary/aromatic N) is 1. The molecule has 5 nitrogen and oxygen atoms in total. The van der Waals surface area contributed by atoms with Crippen molar-refractivity contribution in [2.45, 2.75) is 43.8 Å². The molecule has 1 aliphatic carbocycles. The Morgan fingerprint density at radius 3 is 2.42 bits per heavy atom. The summed E-state index contributed by atoms with van der Waals surface area (Å²) in [6.07, 6.45) is 4.30. The Bertz CT molecular complexity index is 750. The van der Waals surface area contributed by atoms with E-state index in [0.717, 1.165) is 50.2 Å². The maximum Gasteiger partial charge on any atom is 0.268 e. The summed E-state index contributed by atoms with van der Waals surface area (Å²) in [5, 5.41) is 6.93. The van der Waals surface area contributed by atoms with E-state index in [1.165, 1.54) is 0 Å². The van der Waals surface area contributed by atoms with Gasteiger partial charge in [0.15, 0.2) is 0 Å². The minimum atomic E-state index is 0.0122. The van der Waals surface area contributed by atoms with E-state index in [9.17, 15) is 4.79 Å². The fourth-order valence-corrected chi connectivity index (χ4v) is 3.92. The van der Waals surface area contributed by atoms with Gasteiger partial charge in [-0.1, -0.05) is 30.3 Å². The van der Waals surface area contributed by atoms with Gasteiger partial charge >= 0.3 is 0 Å². The summed E-state index contributed by atoms with van der Waals surface area (Å²) in [6, 6.07) is 15.2. The molecular weight excluding hydrogens is 326 g/mol. The van der Waals surface area contributed by atoms with Gasteiger partial charge in [-0.15, -0.1) is 0 Å². The van der Waals surface area contributed by atoms with Gasteiger partial charge in [0, 0.05) is 44.1 Å². The summed E-state index contributed by atoms with van der Waals surface area (Å²) < 4.78 is 7.40. The molecule has 1 aliphatic heterocycles. The smallest absolute Gasteiger partial charge is 0.268 e. The molecule has 2 aromatic rings. The third-order valence-electron chi connectivity index (χ3n) is 5.69. The van der Waals surface area contributed by atoms with Crippen LogP contribution in [0.15, 0.2) is 42.5 Å². The number of amides is 1. The van der Waals surface area contributed by atoms with Gasteiger partial charge < -0.3 is 19.9 Å². The maximum absolute atomic E-state index is 12.8. The number of rotatable bonds is 5. The quantitative estimate of drug-likeness (QED) is 0.869. The molecule has 0 radical (unpaired) electrons. The predicted molar refractivity (Wildman–Crippen MR) is 102 cm³/mol. The normalized spacial score (nSPS) is 23.4. The Morgan fingerprint density at radius 2 is 1.73 bits per heavy atom. The molecule has 2 atom stereocenters. The molecule has 2 N–H and O–H groups in total. The van der Waals surface area contributed by atoms with Crippen LogP contribution in [-0.4, -0.2) is 41.8 Å². The molecule has 1 aromatic carbocycles. The van der Waals surface area contributed by atoms with Gasteiger partial charge in [0.1, 0.15) is 5.69 Å². The van der Waals surface area contributed by atoms with E-state index in [4.69, 9.17) is 4.74 Å². The number of nitrogens with one attached hydrogen (secondary N) is 2. The standard InChI is InChI=1S/C21H27N3O2/c1-24-19(15-5-3-2-4-6-15)9-10-20(24)21(25)23-18-8-7-17(18)22-16-11-13-26-14-12-16/h2-6,9-10,16-18,22H,7-8,11-14H2,1H3,(H,23,25)/t17-,18+/m0/s1. The first kappa shape index (κ1) is 17.3. The van der Waals surface area contributed by atoms with Crippen LogP contribution in [0.2, 0.25) is 0 Å². The molecule has 0 spiro atoms. The highest BCUT2D eigenvalue weighted by Crippen LogP contribution is 2.24. The van der Waals surface area contributed by atoms with E-state index in [1.54, 1.807) is 0 Å². The number of carbonyl (C=O) groups excluding carboxylic acids is 1. The van der Waals surface area contributed by atoms with E-state index >= 15 is 0 Å². The van der Waals surface area contributed by atoms with Crippen LogP contribution in [0, 0.1) is 0 Å². The fraction of sp³-hybridized carbons (Fsp3) is 0.476. The van der Waals surface area contributed by atoms with Crippen molar-refractivity contribution in [2.75, 3.05) is 13.2 Å². The first-order valence-corrected chi connectivity index (χ1v) is 9.58. The summed E-state index contributed by atoms with van der Waals surface area (Å²) in [4.78, 5) is 12.8. The Morgan fingerprint density at radius 1 is 1.00 bits per heavy atom. The van der Waals surface area contributed by atoms with Crippen LogP contribution in [0.1, 0.15) is 36.2 Å². The minimum absolute atomic E-state index is 0.0122. The minimum Gasteiger partial charge on any atom is -0.381 e. The summed E-state index contributed by atoms with van der Waals surface area (Å²) >= 11 is 0. The van der Waals surface area contributed by atoms with Crippen molar-refractivity contribution in [3.05, 3.63) is 48.2 Å². The number of carbonyl (C=O) groups is 1. The van der Waals surface area contributed by atoms with Crippen LogP contribution in [0.25, 0.3) is 11.3 Å². The van der Waals surface area contributed by atoms with E-state index in [1.807, 2.05) is 41.9 Å². The number of benzene rings is 1. The van der Waals surface area contributed by atoms with Crippen molar-refractivity contribution >= 4 is 5.91 Å². The predicted octanol–water partition coefficient (Wildman–Crippen LogP) is 2.72. The molecule has 2 heterocycles. The zero-order valence-corrected chi connectivity index (χ0v) is 15.3. The topological polar surface area (TPSA) is 55.3 Å². The van der Waals surface area contributed by atoms with E-state index < -0.39 is 0 Å². The van der Waals surface area contributed by atoms with Gasteiger partial charge in [0.05, 0.1) is 0 Å². The molecule has 1 saturated heterocycles. The molecule has 2 fully saturated rings. The number of ether oxygens (including phenoxy) is 1. The average molecular weight is 353 g/mol. The lowest BCUT2D eigenvalue weighted by Gasteiger charge is -2.41. The molecule has 5 heteroatoms. The summed E-state index contributed by atoms with van der Waals surface area (Å²) in [6.45, 7) is 1.68. The highest BCUT2D eigenvalue weighted by atomic mass is 16.5. The SMILES string of the molecule is Cn1c(C(=O)N[C@@H]2CC[C@@H]2NC2CCOCC2)ccc1-c1ccccc1. The first-order valence-electron chi connectivity index (χ1n) is 9.58. The molecule has 0 bridgehead atoms. The van der Waals surface area contributed by atoms with Crippen molar-refractivity contribution in [2.24, 2.45) is 7.05 Å². The van der Waals surface area contributed by atoms with Crippen molar-refractivity contribution in [1.29, 1.82) is 0 Å². The van der Waals surface area contributed by atoms with Crippen LogP contribution in [0.4, 0.5) is 0 Å². The largest absolute Gasteiger partial charge is 0.381 e. The Hall–Kier alpha value is -2.11. The van der Waals surface area contributed by atoms with Gasteiger partial charge in [-0.05, 0) is 43.4 Å². The second kappa shape index (κ2) is 7.64. The molecule has 138 valence electrons. The molecule has 26 heavy (non-hydrogen) atoms. The monoisotopic (exact) mass is 353 g/mol. The second-order valence-corrected chi connectivity index (χ2v) is 7.35. The third kappa shape index (κ3) is 3.55. The van der Waals surface area contributed by atoms with Crippen molar-refractivity contribution in [1.82, 2.24) is 15.2 Å². The van der Waals surface area contributed by atoms with E-state index in [-0.39, 0.29) is 11.9 Å². The molecule has 2 aliphatic rings. The second-order valence-electron chi connectivity index (χ2n) is 7.35. The van der Waals surface area contributed by atoms with E-state index in [2.05, 4.69) is 22.8 Å². The van der Waals surface area contributed by atoms with Crippen molar-refractivity contribution < 1.29 is 9.53 Å². The molecule has 4 rings (SSSR count). The van der Waals surface area contributed by atoms with Gasteiger partial charge in [0.2, 0.25) is 0 Å². The van der Waals surface area contributed by atoms with Crippen LogP contribution >= 0.6 is 0 Å². The Labute approximate surface area is 154 Å². The lowest BCUT2D eigenvalue weighted by atomic mass is 9.85. The van der Waals surface area contributed by atoms with Gasteiger partial charge in [0.25, 0.3) is 5.91 Å². The van der Waals surface area contributed by atoms with Crippen LogP contribution in [-0.2, 0) is 11.8 Å². The molecule has 1 amide bonds. The zero-order valence-electron chi connectivity index (χ0n) is 15.3. The van der Waals surface area contributed by atoms with Crippen molar-refractivity contribution in [3.63, 3.8) is 0 Å². The summed E-state index contributed by atoms with van der Waals surface area (Å²) in [5.74, 6) is 0.0122. The van der Waals surface area contributed by atoms with E-state index in [0.29, 0.717) is 17.8 Å². The molecular formula is C21H27N3O2. The third-order valence-corrected chi connectivity index (χ3v) is 5.69. The fourth-order valence-electron chi connectivity index (χ4n) is 3.92. The number of aromatic nitrogens is 1. The number of hydrogen-bond acceptors (Lipinski definition) is 3. The van der Waals surface area contributed by atoms with Crippen molar-refractivity contribution in [3.8, 4) is 11.3 Å². The van der Waals surface area contributed by atoms with Crippen LogP contribution < -0.4 is 10.6 Å². The Kier molecular flexibility index (Phi) is 5.09. The summed E-state index contributed by atoms with van der Waals surface area (Å²) in [5.41, 5.74) is 2.89. The van der Waals surface area contributed by atoms with Crippen LogP contribution in [0.3, 0.4) is 0 Å². The highest BCUT2D eigenvalue weighted by molar-refractivity contribution is 5.94. The van der Waals surface area contributed by atoms with Gasteiger partial charge in [-0.25, -0.2) is 0 Å². The molecule has 0 unspecified atom stereocenters.